The average Bonchev–Trinajstić information content (AvgIpc) is 3.10. The first kappa shape index (κ1) is 14.2. The molecule has 4 heterocycles. The average molecular weight is 320 g/mol. The van der Waals surface area contributed by atoms with E-state index in [-0.39, 0.29) is 24.0 Å². The summed E-state index contributed by atoms with van der Waals surface area (Å²) in [6, 6.07) is 3.96. The monoisotopic (exact) mass is 320 g/mol. The summed E-state index contributed by atoms with van der Waals surface area (Å²) >= 11 is 1.61. The number of morpholine rings is 1. The van der Waals surface area contributed by atoms with Gasteiger partial charge in [-0.15, -0.1) is 11.3 Å². The van der Waals surface area contributed by atoms with Crippen LogP contribution in [0.1, 0.15) is 24.1 Å². The number of ether oxygens (including phenoxy) is 1. The molecule has 2 unspecified atom stereocenters. The van der Waals surface area contributed by atoms with Crippen LogP contribution in [0.25, 0.3) is 0 Å². The minimum absolute atomic E-state index is 0.00915. The largest absolute Gasteiger partial charge is 0.370 e. The van der Waals surface area contributed by atoms with Crippen molar-refractivity contribution in [3.05, 3.63) is 22.4 Å². The van der Waals surface area contributed by atoms with Gasteiger partial charge >= 0.3 is 0 Å². The molecule has 6 heteroatoms. The summed E-state index contributed by atoms with van der Waals surface area (Å²) in [6.07, 6.45) is 2.96. The van der Waals surface area contributed by atoms with Crippen LogP contribution in [0.15, 0.2) is 17.5 Å². The molecule has 0 saturated carbocycles. The highest BCUT2D eigenvalue weighted by atomic mass is 32.1. The molecule has 1 spiro atoms. The van der Waals surface area contributed by atoms with Gasteiger partial charge in [-0.3, -0.25) is 9.59 Å². The Morgan fingerprint density at radius 3 is 3.18 bits per heavy atom. The number of piperidine rings is 1. The van der Waals surface area contributed by atoms with Crippen LogP contribution in [0.5, 0.6) is 0 Å². The van der Waals surface area contributed by atoms with Crippen molar-refractivity contribution in [3.63, 3.8) is 0 Å². The third kappa shape index (κ3) is 2.25. The quantitative estimate of drug-likeness (QED) is 0.890. The first-order valence-electron chi connectivity index (χ1n) is 7.91. The fourth-order valence-electron chi connectivity index (χ4n) is 4.07. The molecule has 3 aliphatic heterocycles. The van der Waals surface area contributed by atoms with Gasteiger partial charge in [0.2, 0.25) is 11.8 Å². The Morgan fingerprint density at radius 1 is 1.50 bits per heavy atom. The van der Waals surface area contributed by atoms with Crippen LogP contribution in [-0.4, -0.2) is 48.6 Å². The molecule has 118 valence electrons. The van der Waals surface area contributed by atoms with Gasteiger partial charge in [0.15, 0.2) is 0 Å². The van der Waals surface area contributed by atoms with Gasteiger partial charge in [-0.25, -0.2) is 0 Å². The lowest BCUT2D eigenvalue weighted by molar-refractivity contribution is -0.148. The van der Waals surface area contributed by atoms with Gasteiger partial charge in [-0.05, 0) is 30.7 Å². The molecule has 2 bridgehead atoms. The van der Waals surface area contributed by atoms with Gasteiger partial charge in [0.25, 0.3) is 0 Å². The van der Waals surface area contributed by atoms with E-state index < -0.39 is 5.41 Å². The number of carbonyl (C=O) groups is 2. The number of likely N-dealkylation sites (tertiary alicyclic amines) is 1. The van der Waals surface area contributed by atoms with Crippen molar-refractivity contribution in [2.75, 3.05) is 19.6 Å². The number of hydrogen-bond donors (Lipinski definition) is 1. The lowest BCUT2D eigenvalue weighted by Crippen LogP contribution is -2.54. The van der Waals surface area contributed by atoms with E-state index in [1.807, 2.05) is 22.4 Å². The summed E-state index contributed by atoms with van der Waals surface area (Å²) in [5.74, 6) is 0.271. The van der Waals surface area contributed by atoms with E-state index >= 15 is 0 Å². The van der Waals surface area contributed by atoms with E-state index in [1.165, 1.54) is 0 Å². The molecule has 5 nitrogen and oxygen atoms in total. The first-order valence-corrected chi connectivity index (χ1v) is 8.79. The molecule has 3 saturated heterocycles. The molecule has 22 heavy (non-hydrogen) atoms. The van der Waals surface area contributed by atoms with Gasteiger partial charge < -0.3 is 15.0 Å². The molecule has 2 amide bonds. The summed E-state index contributed by atoms with van der Waals surface area (Å²) in [6.45, 7) is 1.93. The molecule has 1 aromatic rings. The van der Waals surface area contributed by atoms with E-state index in [1.54, 1.807) is 11.3 Å². The van der Waals surface area contributed by atoms with Gasteiger partial charge in [0, 0.05) is 24.5 Å². The number of fused-ring (bicyclic) bond motifs is 3. The summed E-state index contributed by atoms with van der Waals surface area (Å²) in [7, 11) is 0. The number of nitrogens with one attached hydrogen (secondary N) is 1. The minimum atomic E-state index is -0.402. The first-order chi connectivity index (χ1) is 10.7. The highest BCUT2D eigenvalue weighted by Gasteiger charge is 2.57. The van der Waals surface area contributed by atoms with Crippen molar-refractivity contribution >= 4 is 23.2 Å². The lowest BCUT2D eigenvalue weighted by Gasteiger charge is -2.38. The topological polar surface area (TPSA) is 58.6 Å². The number of rotatable bonds is 2. The Bertz CT molecular complexity index is 588. The summed E-state index contributed by atoms with van der Waals surface area (Å²) in [5, 5.41) is 4.98. The Kier molecular flexibility index (Phi) is 3.46. The normalized spacial score (nSPS) is 34.0. The van der Waals surface area contributed by atoms with Crippen molar-refractivity contribution in [2.24, 2.45) is 5.41 Å². The van der Waals surface area contributed by atoms with E-state index in [0.29, 0.717) is 19.5 Å². The molecule has 3 aliphatic rings. The summed E-state index contributed by atoms with van der Waals surface area (Å²) in [5.41, 5.74) is -0.402. The zero-order chi connectivity index (χ0) is 15.2. The maximum absolute atomic E-state index is 12.5. The molecular formula is C16H20N2O3S. The Labute approximate surface area is 133 Å². The zero-order valence-corrected chi connectivity index (χ0v) is 13.2. The molecule has 3 fully saturated rings. The smallest absolute Gasteiger partial charge is 0.229 e. The standard InChI is InChI=1S/C16H20N2O3S/c19-14(7-12-3-1-6-22-12)18-9-11-8-16(13(10-18)21-11)4-2-5-17-15(16)20/h1,3,6,11,13H,2,4-5,7-10H2,(H,17,20)/t11?,13?,16-/m0/s1. The number of amides is 2. The maximum atomic E-state index is 12.5. The number of hydrogen-bond acceptors (Lipinski definition) is 4. The van der Waals surface area contributed by atoms with Crippen molar-refractivity contribution in [1.82, 2.24) is 10.2 Å². The van der Waals surface area contributed by atoms with E-state index in [0.717, 1.165) is 30.7 Å². The molecular weight excluding hydrogens is 300 g/mol. The van der Waals surface area contributed by atoms with Crippen molar-refractivity contribution in [2.45, 2.75) is 37.9 Å². The summed E-state index contributed by atoms with van der Waals surface area (Å²) in [4.78, 5) is 27.9. The second-order valence-electron chi connectivity index (χ2n) is 6.52. The van der Waals surface area contributed by atoms with Gasteiger partial charge in [-0.2, -0.15) is 0 Å². The van der Waals surface area contributed by atoms with Crippen molar-refractivity contribution in [3.8, 4) is 0 Å². The van der Waals surface area contributed by atoms with Crippen LogP contribution in [0.4, 0.5) is 0 Å². The highest BCUT2D eigenvalue weighted by molar-refractivity contribution is 7.10. The van der Waals surface area contributed by atoms with Gasteiger partial charge in [0.1, 0.15) is 0 Å². The molecule has 0 radical (unpaired) electrons. The Morgan fingerprint density at radius 2 is 2.41 bits per heavy atom. The van der Waals surface area contributed by atoms with Crippen LogP contribution in [-0.2, 0) is 20.7 Å². The Balaban J connectivity index is 1.49. The van der Waals surface area contributed by atoms with Crippen LogP contribution >= 0.6 is 11.3 Å². The molecule has 4 rings (SSSR count). The molecule has 0 aromatic carbocycles. The molecule has 1 aromatic heterocycles. The second kappa shape index (κ2) is 5.35. The second-order valence-corrected chi connectivity index (χ2v) is 7.55. The van der Waals surface area contributed by atoms with Gasteiger partial charge in [0.05, 0.1) is 24.0 Å². The van der Waals surface area contributed by atoms with E-state index in [2.05, 4.69) is 5.32 Å². The van der Waals surface area contributed by atoms with Crippen molar-refractivity contribution in [1.29, 1.82) is 0 Å². The molecule has 0 aliphatic carbocycles. The minimum Gasteiger partial charge on any atom is -0.370 e. The third-order valence-electron chi connectivity index (χ3n) is 5.17. The fourth-order valence-corrected chi connectivity index (χ4v) is 4.77. The van der Waals surface area contributed by atoms with Crippen molar-refractivity contribution < 1.29 is 14.3 Å². The van der Waals surface area contributed by atoms with Crippen LogP contribution in [0.3, 0.4) is 0 Å². The number of thiophene rings is 1. The molecule has 1 N–H and O–H groups in total. The fraction of sp³-hybridized carbons (Fsp3) is 0.625. The lowest BCUT2D eigenvalue weighted by atomic mass is 9.73. The summed E-state index contributed by atoms with van der Waals surface area (Å²) < 4.78 is 6.02. The highest BCUT2D eigenvalue weighted by Crippen LogP contribution is 2.46. The predicted molar refractivity (Wildman–Crippen MR) is 82.6 cm³/mol. The van der Waals surface area contributed by atoms with Crippen LogP contribution in [0.2, 0.25) is 0 Å². The Hall–Kier alpha value is -1.40. The third-order valence-corrected chi connectivity index (χ3v) is 6.05. The number of carbonyl (C=O) groups excluding carboxylic acids is 2. The van der Waals surface area contributed by atoms with Gasteiger partial charge in [-0.1, -0.05) is 6.07 Å². The zero-order valence-electron chi connectivity index (χ0n) is 12.4. The van der Waals surface area contributed by atoms with Crippen LogP contribution < -0.4 is 5.32 Å². The maximum Gasteiger partial charge on any atom is 0.229 e. The van der Waals surface area contributed by atoms with E-state index in [9.17, 15) is 9.59 Å². The SMILES string of the molecule is O=C(Cc1cccs1)N1CC2C[C@@]3(CCCNC3=O)C(C1)O2. The van der Waals surface area contributed by atoms with E-state index in [4.69, 9.17) is 4.74 Å². The predicted octanol–water partition coefficient (Wildman–Crippen LogP) is 1.19. The molecule has 3 atom stereocenters. The number of nitrogens with zero attached hydrogens (tertiary/aromatic N) is 1. The van der Waals surface area contributed by atoms with Crippen LogP contribution in [0, 0.1) is 5.41 Å².